The zero-order valence-corrected chi connectivity index (χ0v) is 18.9. The van der Waals surface area contributed by atoms with E-state index in [4.69, 9.17) is 18.9 Å². The molecule has 0 saturated carbocycles. The van der Waals surface area contributed by atoms with Gasteiger partial charge in [0.2, 0.25) is 5.88 Å². The summed E-state index contributed by atoms with van der Waals surface area (Å²) in [6, 6.07) is 11.7. The van der Waals surface area contributed by atoms with Gasteiger partial charge in [-0.2, -0.15) is 0 Å². The third-order valence-corrected chi connectivity index (χ3v) is 5.81. The molecule has 0 spiro atoms. The standard InChI is InChI=1S/C25H28N4O4/c1-16-11-17-12-19(3-4-21(17)29-16)33-25-20-13-23(30-2)24(14-22(20)27-15-28-25)32-10-9-31-18-5-7-26-8-6-18/h3-4,11-15,18,26,29H,5-10H2,1-2H3. The van der Waals surface area contributed by atoms with E-state index in [0.29, 0.717) is 48.0 Å². The van der Waals surface area contributed by atoms with Crippen LogP contribution in [0, 0.1) is 6.92 Å². The average molecular weight is 449 g/mol. The van der Waals surface area contributed by atoms with E-state index in [1.807, 2.05) is 37.3 Å². The molecule has 2 aromatic carbocycles. The SMILES string of the molecule is COc1cc2c(Oc3ccc4[nH]c(C)cc4c3)ncnc2cc1OCCOC1CCNCC1. The molecule has 2 N–H and O–H groups in total. The van der Waals surface area contributed by atoms with Crippen molar-refractivity contribution in [3.05, 3.63) is 48.4 Å². The molecule has 172 valence electrons. The molecule has 1 aliphatic heterocycles. The number of ether oxygens (including phenoxy) is 4. The van der Waals surface area contributed by atoms with E-state index < -0.39 is 0 Å². The van der Waals surface area contributed by atoms with Gasteiger partial charge in [0.05, 0.1) is 30.7 Å². The predicted octanol–water partition coefficient (Wildman–Crippen LogP) is 4.37. The molecule has 0 bridgehead atoms. The van der Waals surface area contributed by atoms with E-state index in [2.05, 4.69) is 26.3 Å². The quantitative estimate of drug-likeness (QED) is 0.387. The fourth-order valence-electron chi connectivity index (χ4n) is 4.15. The Morgan fingerprint density at radius 2 is 1.88 bits per heavy atom. The normalized spacial score (nSPS) is 14.6. The van der Waals surface area contributed by atoms with Crippen LogP contribution in [0.2, 0.25) is 0 Å². The number of piperidine rings is 1. The van der Waals surface area contributed by atoms with Gasteiger partial charge in [0, 0.05) is 22.7 Å². The largest absolute Gasteiger partial charge is 0.493 e. The molecule has 2 aromatic heterocycles. The molecule has 33 heavy (non-hydrogen) atoms. The summed E-state index contributed by atoms with van der Waals surface area (Å²) in [5, 5.41) is 5.17. The number of hydrogen-bond acceptors (Lipinski definition) is 7. The van der Waals surface area contributed by atoms with Gasteiger partial charge in [-0.25, -0.2) is 9.97 Å². The van der Waals surface area contributed by atoms with Crippen molar-refractivity contribution in [3.8, 4) is 23.1 Å². The summed E-state index contributed by atoms with van der Waals surface area (Å²) < 4.78 is 23.6. The number of hydrogen-bond donors (Lipinski definition) is 2. The van der Waals surface area contributed by atoms with E-state index in [1.54, 1.807) is 7.11 Å². The summed E-state index contributed by atoms with van der Waals surface area (Å²) in [7, 11) is 1.62. The van der Waals surface area contributed by atoms with Crippen LogP contribution in [0.5, 0.6) is 23.1 Å². The van der Waals surface area contributed by atoms with Crippen molar-refractivity contribution in [1.29, 1.82) is 0 Å². The van der Waals surface area contributed by atoms with Crippen LogP contribution < -0.4 is 19.5 Å². The highest BCUT2D eigenvalue weighted by molar-refractivity contribution is 5.87. The maximum Gasteiger partial charge on any atom is 0.230 e. The summed E-state index contributed by atoms with van der Waals surface area (Å²) in [4.78, 5) is 12.1. The van der Waals surface area contributed by atoms with Crippen LogP contribution in [0.3, 0.4) is 0 Å². The molecular weight excluding hydrogens is 420 g/mol. The summed E-state index contributed by atoms with van der Waals surface area (Å²) in [6.45, 7) is 5.02. The van der Waals surface area contributed by atoms with Gasteiger partial charge in [0.25, 0.3) is 0 Å². The third kappa shape index (κ3) is 4.86. The van der Waals surface area contributed by atoms with Gasteiger partial charge < -0.3 is 29.2 Å². The Bertz CT molecular complexity index is 1250. The first-order valence-electron chi connectivity index (χ1n) is 11.2. The predicted molar refractivity (Wildman–Crippen MR) is 127 cm³/mol. The van der Waals surface area contributed by atoms with E-state index in [-0.39, 0.29) is 0 Å². The number of H-pyrrole nitrogens is 1. The lowest BCUT2D eigenvalue weighted by molar-refractivity contribution is 0.0165. The van der Waals surface area contributed by atoms with Crippen molar-refractivity contribution in [2.45, 2.75) is 25.9 Å². The first-order valence-corrected chi connectivity index (χ1v) is 11.2. The summed E-state index contributed by atoms with van der Waals surface area (Å²) >= 11 is 0. The molecule has 1 aliphatic rings. The minimum Gasteiger partial charge on any atom is -0.493 e. The summed E-state index contributed by atoms with van der Waals surface area (Å²) in [6.07, 6.45) is 3.87. The van der Waals surface area contributed by atoms with Gasteiger partial charge in [-0.1, -0.05) is 0 Å². The van der Waals surface area contributed by atoms with Crippen LogP contribution in [0.25, 0.3) is 21.8 Å². The number of nitrogens with one attached hydrogen (secondary N) is 2. The highest BCUT2D eigenvalue weighted by Crippen LogP contribution is 2.36. The van der Waals surface area contributed by atoms with Gasteiger partial charge in [-0.3, -0.25) is 0 Å². The van der Waals surface area contributed by atoms with E-state index in [0.717, 1.165) is 47.9 Å². The maximum absolute atomic E-state index is 6.13. The molecule has 0 aliphatic carbocycles. The summed E-state index contributed by atoms with van der Waals surface area (Å²) in [5.41, 5.74) is 2.89. The van der Waals surface area contributed by atoms with Crippen LogP contribution in [-0.4, -0.2) is 54.5 Å². The fraction of sp³-hybridized carbons (Fsp3) is 0.360. The van der Waals surface area contributed by atoms with Gasteiger partial charge in [-0.15, -0.1) is 0 Å². The zero-order valence-electron chi connectivity index (χ0n) is 18.9. The number of aryl methyl sites for hydroxylation is 1. The molecule has 5 rings (SSSR count). The second-order valence-corrected chi connectivity index (χ2v) is 8.17. The number of aromatic amines is 1. The molecular formula is C25H28N4O4. The number of aromatic nitrogens is 3. The Kier molecular flexibility index (Phi) is 6.28. The smallest absolute Gasteiger partial charge is 0.230 e. The Balaban J connectivity index is 1.32. The van der Waals surface area contributed by atoms with Crippen molar-refractivity contribution in [2.75, 3.05) is 33.4 Å². The minimum absolute atomic E-state index is 0.301. The van der Waals surface area contributed by atoms with Crippen molar-refractivity contribution < 1.29 is 18.9 Å². The number of rotatable bonds is 8. The molecule has 8 nitrogen and oxygen atoms in total. The Labute approximate surface area is 192 Å². The second-order valence-electron chi connectivity index (χ2n) is 8.17. The third-order valence-electron chi connectivity index (χ3n) is 5.81. The first-order chi connectivity index (χ1) is 16.2. The molecule has 8 heteroatoms. The lowest BCUT2D eigenvalue weighted by atomic mass is 10.1. The lowest BCUT2D eigenvalue weighted by Gasteiger charge is -2.23. The molecule has 4 aromatic rings. The first kappa shape index (κ1) is 21.5. The minimum atomic E-state index is 0.301. The van der Waals surface area contributed by atoms with Crippen LogP contribution in [0.4, 0.5) is 0 Å². The Morgan fingerprint density at radius 1 is 1.00 bits per heavy atom. The zero-order chi connectivity index (χ0) is 22.6. The van der Waals surface area contributed by atoms with Crippen molar-refractivity contribution in [3.63, 3.8) is 0 Å². The molecule has 0 atom stereocenters. The van der Waals surface area contributed by atoms with Crippen molar-refractivity contribution in [2.24, 2.45) is 0 Å². The highest BCUT2D eigenvalue weighted by atomic mass is 16.5. The molecule has 0 unspecified atom stereocenters. The van der Waals surface area contributed by atoms with Crippen LogP contribution in [0.1, 0.15) is 18.5 Å². The van der Waals surface area contributed by atoms with Gasteiger partial charge in [0.15, 0.2) is 11.5 Å². The fourth-order valence-corrected chi connectivity index (χ4v) is 4.15. The molecule has 0 radical (unpaired) electrons. The molecule has 3 heterocycles. The van der Waals surface area contributed by atoms with Crippen LogP contribution >= 0.6 is 0 Å². The van der Waals surface area contributed by atoms with E-state index in [9.17, 15) is 0 Å². The highest BCUT2D eigenvalue weighted by Gasteiger charge is 2.15. The topological polar surface area (TPSA) is 90.5 Å². The van der Waals surface area contributed by atoms with Crippen molar-refractivity contribution >= 4 is 21.8 Å². The summed E-state index contributed by atoms with van der Waals surface area (Å²) in [5.74, 6) is 2.38. The van der Waals surface area contributed by atoms with Gasteiger partial charge >= 0.3 is 0 Å². The monoisotopic (exact) mass is 448 g/mol. The number of benzene rings is 2. The second kappa shape index (κ2) is 9.64. The average Bonchev–Trinajstić information content (AvgIpc) is 3.21. The Hall–Kier alpha value is -3.36. The number of fused-ring (bicyclic) bond motifs is 2. The van der Waals surface area contributed by atoms with Gasteiger partial charge in [-0.05, 0) is 63.2 Å². The van der Waals surface area contributed by atoms with E-state index >= 15 is 0 Å². The molecule has 0 amide bonds. The lowest BCUT2D eigenvalue weighted by Crippen LogP contribution is -2.33. The van der Waals surface area contributed by atoms with Gasteiger partial charge in [0.1, 0.15) is 18.7 Å². The number of methoxy groups -OCH3 is 1. The van der Waals surface area contributed by atoms with E-state index in [1.165, 1.54) is 6.33 Å². The Morgan fingerprint density at radius 3 is 2.73 bits per heavy atom. The maximum atomic E-state index is 6.13. The van der Waals surface area contributed by atoms with Crippen LogP contribution in [-0.2, 0) is 4.74 Å². The number of nitrogens with zero attached hydrogens (tertiary/aromatic N) is 2. The van der Waals surface area contributed by atoms with Crippen molar-refractivity contribution in [1.82, 2.24) is 20.3 Å². The van der Waals surface area contributed by atoms with Crippen LogP contribution in [0.15, 0.2) is 42.7 Å². The molecule has 1 saturated heterocycles. The molecule has 1 fully saturated rings.